The van der Waals surface area contributed by atoms with E-state index in [9.17, 15) is 9.59 Å². The Hall–Kier alpha value is -2.04. The van der Waals surface area contributed by atoms with Gasteiger partial charge in [0.15, 0.2) is 12.4 Å². The molecule has 114 valence electrons. The average molecular weight is 339 g/mol. The summed E-state index contributed by atoms with van der Waals surface area (Å²) in [6.07, 6.45) is 0. The Morgan fingerprint density at radius 3 is 2.32 bits per heavy atom. The fraction of sp³-hybridized carbons (Fsp3) is 0.125. The van der Waals surface area contributed by atoms with Gasteiger partial charge in [-0.1, -0.05) is 23.2 Å². The lowest BCUT2D eigenvalue weighted by Crippen LogP contribution is -2.17. The number of halogens is 2. The first-order valence-corrected chi connectivity index (χ1v) is 7.11. The number of hydrogen-bond donors (Lipinski definition) is 0. The second-order valence-corrected chi connectivity index (χ2v) is 5.26. The highest BCUT2D eigenvalue weighted by Crippen LogP contribution is 2.27. The molecule has 0 aliphatic rings. The second kappa shape index (κ2) is 7.29. The van der Waals surface area contributed by atoms with E-state index in [0.717, 1.165) is 0 Å². The number of esters is 1. The van der Waals surface area contributed by atoms with E-state index in [1.807, 2.05) is 0 Å². The molecule has 0 amide bonds. The molecule has 6 heteroatoms. The Kier molecular flexibility index (Phi) is 5.41. The maximum atomic E-state index is 11.7. The normalized spacial score (nSPS) is 10.1. The molecule has 0 spiro atoms. The second-order valence-electron chi connectivity index (χ2n) is 4.42. The molecule has 0 fully saturated rings. The Bertz CT molecular complexity index is 696. The molecule has 2 rings (SSSR count). The van der Waals surface area contributed by atoms with Crippen molar-refractivity contribution >= 4 is 35.0 Å². The summed E-state index contributed by atoms with van der Waals surface area (Å²) in [5.74, 6) is 0.0379. The predicted octanol–water partition coefficient (Wildman–Crippen LogP) is 4.18. The van der Waals surface area contributed by atoms with Crippen molar-refractivity contribution < 1.29 is 19.1 Å². The number of carbonyl (C=O) groups excluding carboxylic acids is 2. The average Bonchev–Trinajstić information content (AvgIpc) is 2.47. The van der Waals surface area contributed by atoms with Crippen LogP contribution >= 0.6 is 23.2 Å². The molecule has 0 unspecified atom stereocenters. The van der Waals surface area contributed by atoms with Crippen molar-refractivity contribution in [1.29, 1.82) is 0 Å². The van der Waals surface area contributed by atoms with Crippen LogP contribution in [-0.2, 0) is 4.79 Å². The van der Waals surface area contributed by atoms with Gasteiger partial charge in [-0.05, 0) is 49.4 Å². The number of ether oxygens (including phenoxy) is 2. The van der Waals surface area contributed by atoms with E-state index in [4.69, 9.17) is 32.7 Å². The van der Waals surface area contributed by atoms with E-state index in [1.165, 1.54) is 13.0 Å². The smallest absolute Gasteiger partial charge is 0.349 e. The van der Waals surface area contributed by atoms with Crippen LogP contribution in [0.4, 0.5) is 0 Å². The summed E-state index contributed by atoms with van der Waals surface area (Å²) >= 11 is 11.7. The molecule has 0 saturated carbocycles. The van der Waals surface area contributed by atoms with Crippen LogP contribution in [0.5, 0.6) is 11.5 Å². The Morgan fingerprint density at radius 1 is 1.05 bits per heavy atom. The Morgan fingerprint density at radius 2 is 1.73 bits per heavy atom. The van der Waals surface area contributed by atoms with Crippen LogP contribution in [-0.4, -0.2) is 18.4 Å². The molecule has 0 N–H and O–H groups in total. The third-order valence-corrected chi connectivity index (χ3v) is 3.26. The summed E-state index contributed by atoms with van der Waals surface area (Å²) in [6.45, 7) is 1.17. The number of benzene rings is 2. The SMILES string of the molecule is CC(=O)c1ccc(OC(=O)COc2ccc(Cl)cc2Cl)cc1. The highest BCUT2D eigenvalue weighted by molar-refractivity contribution is 6.35. The van der Waals surface area contributed by atoms with Crippen LogP contribution in [0.1, 0.15) is 17.3 Å². The number of carbonyl (C=O) groups is 2. The topological polar surface area (TPSA) is 52.6 Å². The highest BCUT2D eigenvalue weighted by Gasteiger charge is 2.09. The lowest BCUT2D eigenvalue weighted by atomic mass is 10.1. The summed E-state index contributed by atoms with van der Waals surface area (Å²) in [7, 11) is 0. The third-order valence-electron chi connectivity index (χ3n) is 2.73. The standard InChI is InChI=1S/C16H12Cl2O4/c1-10(19)11-2-5-13(6-3-11)22-16(20)9-21-15-7-4-12(17)8-14(15)18/h2-8H,9H2,1H3. The van der Waals surface area contributed by atoms with Gasteiger partial charge in [-0.3, -0.25) is 4.79 Å². The molecule has 4 nitrogen and oxygen atoms in total. The van der Waals surface area contributed by atoms with Gasteiger partial charge in [-0.25, -0.2) is 4.79 Å². The van der Waals surface area contributed by atoms with Gasteiger partial charge in [-0.2, -0.15) is 0 Å². The first-order valence-electron chi connectivity index (χ1n) is 6.35. The Balaban J connectivity index is 1.91. The largest absolute Gasteiger partial charge is 0.480 e. The monoisotopic (exact) mass is 338 g/mol. The van der Waals surface area contributed by atoms with Gasteiger partial charge >= 0.3 is 5.97 Å². The van der Waals surface area contributed by atoms with Gasteiger partial charge in [0.05, 0.1) is 5.02 Å². The molecule has 0 bridgehead atoms. The molecular formula is C16H12Cl2O4. The Labute approximate surface area is 137 Å². The van der Waals surface area contributed by atoms with E-state index in [2.05, 4.69) is 0 Å². The van der Waals surface area contributed by atoms with Crippen LogP contribution in [0.3, 0.4) is 0 Å². The predicted molar refractivity (Wildman–Crippen MR) is 84.0 cm³/mol. The van der Waals surface area contributed by atoms with E-state index in [1.54, 1.807) is 36.4 Å². The summed E-state index contributed by atoms with van der Waals surface area (Å²) in [5, 5.41) is 0.789. The molecule has 0 aromatic heterocycles. The molecule has 22 heavy (non-hydrogen) atoms. The number of Topliss-reactive ketones (excluding diaryl/α,β-unsaturated/α-hetero) is 1. The van der Waals surface area contributed by atoms with E-state index < -0.39 is 5.97 Å². The molecule has 0 saturated heterocycles. The molecule has 0 atom stereocenters. The molecule has 0 heterocycles. The van der Waals surface area contributed by atoms with Gasteiger partial charge in [0, 0.05) is 10.6 Å². The third kappa shape index (κ3) is 4.48. The summed E-state index contributed by atoms with van der Waals surface area (Å²) < 4.78 is 10.4. The lowest BCUT2D eigenvalue weighted by molar-refractivity contribution is -0.136. The maximum absolute atomic E-state index is 11.7. The minimum absolute atomic E-state index is 0.0569. The first kappa shape index (κ1) is 16.3. The zero-order valence-electron chi connectivity index (χ0n) is 11.6. The van der Waals surface area contributed by atoms with Gasteiger partial charge in [0.1, 0.15) is 11.5 Å². The summed E-state index contributed by atoms with van der Waals surface area (Å²) in [4.78, 5) is 22.8. The first-order chi connectivity index (χ1) is 10.5. The van der Waals surface area contributed by atoms with Crippen LogP contribution < -0.4 is 9.47 Å². The fourth-order valence-corrected chi connectivity index (χ4v) is 2.11. The van der Waals surface area contributed by atoms with Crippen molar-refractivity contribution in [3.8, 4) is 11.5 Å². The van der Waals surface area contributed by atoms with Crippen LogP contribution in [0.15, 0.2) is 42.5 Å². The molecule has 2 aromatic rings. The van der Waals surface area contributed by atoms with Gasteiger partial charge < -0.3 is 9.47 Å². The number of ketones is 1. The van der Waals surface area contributed by atoms with Gasteiger partial charge in [0.2, 0.25) is 0 Å². The van der Waals surface area contributed by atoms with E-state index in [0.29, 0.717) is 27.1 Å². The molecule has 0 aliphatic carbocycles. The summed E-state index contributed by atoms with van der Waals surface area (Å²) in [6, 6.07) is 11.0. The van der Waals surface area contributed by atoms with Crippen LogP contribution in [0, 0.1) is 0 Å². The van der Waals surface area contributed by atoms with Crippen LogP contribution in [0.25, 0.3) is 0 Å². The molecule has 0 aliphatic heterocycles. The molecular weight excluding hydrogens is 327 g/mol. The van der Waals surface area contributed by atoms with E-state index in [-0.39, 0.29) is 12.4 Å². The lowest BCUT2D eigenvalue weighted by Gasteiger charge is -2.08. The number of rotatable bonds is 5. The zero-order chi connectivity index (χ0) is 16.1. The molecule has 0 radical (unpaired) electrons. The molecule has 2 aromatic carbocycles. The van der Waals surface area contributed by atoms with Crippen molar-refractivity contribution in [3.63, 3.8) is 0 Å². The fourth-order valence-electron chi connectivity index (χ4n) is 1.65. The van der Waals surface area contributed by atoms with Crippen molar-refractivity contribution in [2.24, 2.45) is 0 Å². The minimum Gasteiger partial charge on any atom is -0.480 e. The maximum Gasteiger partial charge on any atom is 0.349 e. The van der Waals surface area contributed by atoms with Gasteiger partial charge in [-0.15, -0.1) is 0 Å². The van der Waals surface area contributed by atoms with E-state index >= 15 is 0 Å². The number of hydrogen-bond acceptors (Lipinski definition) is 4. The zero-order valence-corrected chi connectivity index (χ0v) is 13.1. The highest BCUT2D eigenvalue weighted by atomic mass is 35.5. The quantitative estimate of drug-likeness (QED) is 0.466. The van der Waals surface area contributed by atoms with Crippen molar-refractivity contribution in [2.45, 2.75) is 6.92 Å². The van der Waals surface area contributed by atoms with Crippen molar-refractivity contribution in [2.75, 3.05) is 6.61 Å². The van der Waals surface area contributed by atoms with Crippen LogP contribution in [0.2, 0.25) is 10.0 Å². The minimum atomic E-state index is -0.582. The van der Waals surface area contributed by atoms with Crippen molar-refractivity contribution in [3.05, 3.63) is 58.1 Å². The summed E-state index contributed by atoms with van der Waals surface area (Å²) in [5.41, 5.74) is 0.545. The van der Waals surface area contributed by atoms with Gasteiger partial charge in [0.25, 0.3) is 0 Å². The van der Waals surface area contributed by atoms with Crippen molar-refractivity contribution in [1.82, 2.24) is 0 Å².